The summed E-state index contributed by atoms with van der Waals surface area (Å²) in [4.78, 5) is 9.52. The molecule has 0 aliphatic rings. The van der Waals surface area contributed by atoms with Crippen molar-refractivity contribution in [3.05, 3.63) is 33.3 Å². The minimum Gasteiger partial charge on any atom is -0.260 e. The van der Waals surface area contributed by atoms with Crippen LogP contribution in [0.15, 0.2) is 23.1 Å². The van der Waals surface area contributed by atoms with Crippen molar-refractivity contribution >= 4 is 38.1 Å². The molecular formula is C9H11ClN2O5S2. The van der Waals surface area contributed by atoms with Gasteiger partial charge in [0.25, 0.3) is 5.69 Å². The smallest absolute Gasteiger partial charge is 0.260 e. The van der Waals surface area contributed by atoms with Crippen LogP contribution in [0.25, 0.3) is 0 Å². The third kappa shape index (κ3) is 4.53. The van der Waals surface area contributed by atoms with E-state index in [-0.39, 0.29) is 27.9 Å². The van der Waals surface area contributed by atoms with Crippen LogP contribution in [0.1, 0.15) is 0 Å². The van der Waals surface area contributed by atoms with Gasteiger partial charge >= 0.3 is 0 Å². The number of non-ortho nitro benzene ring substituents is 1. The molecule has 1 atom stereocenters. The SMILES string of the molecule is CS(=O)CCNS(=O)(=O)c1cc([N+](=O)[O-])ccc1Cl. The fourth-order valence-electron chi connectivity index (χ4n) is 1.21. The van der Waals surface area contributed by atoms with Crippen LogP contribution in [0.2, 0.25) is 5.02 Å². The molecule has 0 saturated heterocycles. The van der Waals surface area contributed by atoms with Gasteiger partial charge < -0.3 is 0 Å². The summed E-state index contributed by atoms with van der Waals surface area (Å²) < 4.78 is 36.8. The first kappa shape index (κ1) is 16.0. The summed E-state index contributed by atoms with van der Waals surface area (Å²) in [5, 5.41) is 10.5. The highest BCUT2D eigenvalue weighted by atomic mass is 35.5. The van der Waals surface area contributed by atoms with Crippen molar-refractivity contribution in [3.63, 3.8) is 0 Å². The highest BCUT2D eigenvalue weighted by molar-refractivity contribution is 7.89. The molecule has 10 heteroatoms. The van der Waals surface area contributed by atoms with E-state index in [0.29, 0.717) is 0 Å². The molecule has 0 heterocycles. The number of sulfonamides is 1. The lowest BCUT2D eigenvalue weighted by Gasteiger charge is -2.07. The van der Waals surface area contributed by atoms with Crippen molar-refractivity contribution < 1.29 is 17.6 Å². The van der Waals surface area contributed by atoms with Crippen LogP contribution in [0.3, 0.4) is 0 Å². The molecule has 0 radical (unpaired) electrons. The maximum Gasteiger partial charge on any atom is 0.270 e. The van der Waals surface area contributed by atoms with Gasteiger partial charge in [-0.2, -0.15) is 0 Å². The summed E-state index contributed by atoms with van der Waals surface area (Å²) in [6.45, 7) is -0.0372. The van der Waals surface area contributed by atoms with Crippen molar-refractivity contribution in [2.24, 2.45) is 0 Å². The van der Waals surface area contributed by atoms with Gasteiger partial charge in [-0.1, -0.05) is 11.6 Å². The molecule has 0 saturated carbocycles. The molecule has 0 aliphatic heterocycles. The molecular weight excluding hydrogens is 316 g/mol. The normalized spacial score (nSPS) is 13.2. The van der Waals surface area contributed by atoms with Gasteiger partial charge in [-0.3, -0.25) is 14.3 Å². The summed E-state index contributed by atoms with van der Waals surface area (Å²) in [6, 6.07) is 3.14. The Kier molecular flexibility index (Phi) is 5.41. The lowest BCUT2D eigenvalue weighted by molar-refractivity contribution is -0.385. The zero-order chi connectivity index (χ0) is 14.6. The first-order valence-corrected chi connectivity index (χ1v) is 8.56. The van der Waals surface area contributed by atoms with E-state index in [1.807, 2.05) is 0 Å². The van der Waals surface area contributed by atoms with E-state index in [1.165, 1.54) is 6.26 Å². The van der Waals surface area contributed by atoms with E-state index in [1.54, 1.807) is 0 Å². The largest absolute Gasteiger partial charge is 0.270 e. The Morgan fingerprint density at radius 1 is 1.47 bits per heavy atom. The average molecular weight is 327 g/mol. The second-order valence-corrected chi connectivity index (χ2v) is 7.24. The number of nitro benzene ring substituents is 1. The Bertz CT molecular complexity index is 617. The number of nitro groups is 1. The molecule has 0 amide bonds. The molecule has 1 N–H and O–H groups in total. The number of rotatable bonds is 6. The van der Waals surface area contributed by atoms with Gasteiger partial charge in [0.15, 0.2) is 0 Å². The third-order valence-electron chi connectivity index (χ3n) is 2.10. The van der Waals surface area contributed by atoms with Gasteiger partial charge in [-0.25, -0.2) is 13.1 Å². The predicted octanol–water partition coefficient (Wildman–Crippen LogP) is 0.905. The van der Waals surface area contributed by atoms with Crippen LogP contribution in [-0.4, -0.2) is 36.1 Å². The van der Waals surface area contributed by atoms with Gasteiger partial charge in [-0.05, 0) is 6.07 Å². The molecule has 0 fully saturated rings. The fraction of sp³-hybridized carbons (Fsp3) is 0.333. The Balaban J connectivity index is 3.03. The van der Waals surface area contributed by atoms with E-state index < -0.39 is 25.7 Å². The fourth-order valence-corrected chi connectivity index (χ4v) is 3.28. The number of hydrogen-bond donors (Lipinski definition) is 1. The first-order chi connectivity index (χ1) is 8.74. The zero-order valence-electron chi connectivity index (χ0n) is 9.83. The number of nitrogens with zero attached hydrogens (tertiary/aromatic N) is 1. The summed E-state index contributed by atoms with van der Waals surface area (Å²) in [5.74, 6) is 0.145. The Morgan fingerprint density at radius 2 is 2.11 bits per heavy atom. The van der Waals surface area contributed by atoms with Crippen LogP contribution >= 0.6 is 11.6 Å². The van der Waals surface area contributed by atoms with Gasteiger partial charge in [0.2, 0.25) is 10.0 Å². The van der Waals surface area contributed by atoms with Crippen LogP contribution in [0.5, 0.6) is 0 Å². The predicted molar refractivity (Wildman–Crippen MR) is 72.2 cm³/mol. The van der Waals surface area contributed by atoms with Crippen LogP contribution in [0.4, 0.5) is 5.69 Å². The number of benzene rings is 1. The zero-order valence-corrected chi connectivity index (χ0v) is 12.2. The third-order valence-corrected chi connectivity index (χ3v) is 4.82. The minimum atomic E-state index is -3.96. The van der Waals surface area contributed by atoms with Crippen molar-refractivity contribution in [2.75, 3.05) is 18.6 Å². The molecule has 1 unspecified atom stereocenters. The number of halogens is 1. The Labute approximate surface area is 117 Å². The number of nitrogens with one attached hydrogen (secondary N) is 1. The molecule has 7 nitrogen and oxygen atoms in total. The second-order valence-electron chi connectivity index (χ2n) is 3.55. The minimum absolute atomic E-state index is 0.0372. The lowest BCUT2D eigenvalue weighted by atomic mass is 10.3. The van der Waals surface area contributed by atoms with Crippen molar-refractivity contribution in [1.29, 1.82) is 0 Å². The summed E-state index contributed by atoms with van der Waals surface area (Å²) >= 11 is 5.73. The lowest BCUT2D eigenvalue weighted by Crippen LogP contribution is -2.28. The van der Waals surface area contributed by atoms with Gasteiger partial charge in [0.05, 0.1) is 9.95 Å². The van der Waals surface area contributed by atoms with E-state index in [0.717, 1.165) is 18.2 Å². The number of hydrogen-bond acceptors (Lipinski definition) is 5. The van der Waals surface area contributed by atoms with Gasteiger partial charge in [0.1, 0.15) is 4.90 Å². The highest BCUT2D eigenvalue weighted by Crippen LogP contribution is 2.25. The summed E-state index contributed by atoms with van der Waals surface area (Å²) in [6.07, 6.45) is 1.44. The molecule has 0 aromatic heterocycles. The van der Waals surface area contributed by atoms with Crippen molar-refractivity contribution in [1.82, 2.24) is 4.72 Å². The van der Waals surface area contributed by atoms with E-state index >= 15 is 0 Å². The molecule has 106 valence electrons. The van der Waals surface area contributed by atoms with Crippen LogP contribution < -0.4 is 4.72 Å². The topological polar surface area (TPSA) is 106 Å². The molecule has 1 rings (SSSR count). The van der Waals surface area contributed by atoms with E-state index in [4.69, 9.17) is 11.6 Å². The molecule has 0 spiro atoms. The second kappa shape index (κ2) is 6.42. The quantitative estimate of drug-likeness (QED) is 0.617. The van der Waals surface area contributed by atoms with E-state index in [9.17, 15) is 22.7 Å². The molecule has 0 aliphatic carbocycles. The molecule has 1 aromatic rings. The Morgan fingerprint density at radius 3 is 2.63 bits per heavy atom. The van der Waals surface area contributed by atoms with Crippen molar-refractivity contribution in [2.45, 2.75) is 4.90 Å². The Hall–Kier alpha value is -1.03. The maximum absolute atomic E-state index is 11.9. The molecule has 19 heavy (non-hydrogen) atoms. The van der Waals surface area contributed by atoms with Crippen LogP contribution in [0, 0.1) is 10.1 Å². The summed E-state index contributed by atoms with van der Waals surface area (Å²) in [5.41, 5.74) is -0.371. The van der Waals surface area contributed by atoms with Crippen LogP contribution in [-0.2, 0) is 20.8 Å². The van der Waals surface area contributed by atoms with Gasteiger partial charge in [0, 0.05) is 41.5 Å². The first-order valence-electron chi connectivity index (χ1n) is 4.97. The average Bonchev–Trinajstić information content (AvgIpc) is 2.28. The maximum atomic E-state index is 11.9. The standard InChI is InChI=1S/C9H11ClN2O5S2/c1-18(15)5-4-11-19(16,17)9-6-7(12(13)14)2-3-8(9)10/h2-3,6,11H,4-5H2,1H3. The van der Waals surface area contributed by atoms with Gasteiger partial charge in [-0.15, -0.1) is 0 Å². The van der Waals surface area contributed by atoms with E-state index in [2.05, 4.69) is 4.72 Å². The molecule has 1 aromatic carbocycles. The highest BCUT2D eigenvalue weighted by Gasteiger charge is 2.21. The van der Waals surface area contributed by atoms with Crippen molar-refractivity contribution in [3.8, 4) is 0 Å². The molecule has 0 bridgehead atoms. The summed E-state index contributed by atoms with van der Waals surface area (Å²) in [7, 11) is -5.11. The monoisotopic (exact) mass is 326 g/mol.